The summed E-state index contributed by atoms with van der Waals surface area (Å²) in [6, 6.07) is 6.58. The van der Waals surface area contributed by atoms with E-state index in [1.165, 1.54) is 16.8 Å². The molecule has 2 unspecified atom stereocenters. The standard InChI is InChI=1S/C14H20ClNS/c1-10-6-13(7-15)4-5-14(10)16-8-11(2)17-12(3)9-16/h4-6,11-12H,7-9H2,1-3H3. The number of anilines is 1. The predicted octanol–water partition coefficient (Wildman–Crippen LogP) is 4.06. The van der Waals surface area contributed by atoms with E-state index < -0.39 is 0 Å². The zero-order valence-electron chi connectivity index (χ0n) is 10.7. The fourth-order valence-electron chi connectivity index (χ4n) is 2.53. The van der Waals surface area contributed by atoms with Crippen molar-refractivity contribution in [1.82, 2.24) is 0 Å². The Labute approximate surface area is 114 Å². The van der Waals surface area contributed by atoms with Gasteiger partial charge in [0.2, 0.25) is 0 Å². The van der Waals surface area contributed by atoms with Crippen molar-refractivity contribution in [3.05, 3.63) is 29.3 Å². The van der Waals surface area contributed by atoms with Crippen LogP contribution in [-0.4, -0.2) is 23.6 Å². The Morgan fingerprint density at radius 2 is 1.94 bits per heavy atom. The highest BCUT2D eigenvalue weighted by Crippen LogP contribution is 2.30. The van der Waals surface area contributed by atoms with E-state index in [0.717, 1.165) is 13.1 Å². The van der Waals surface area contributed by atoms with Crippen LogP contribution in [0.15, 0.2) is 18.2 Å². The largest absolute Gasteiger partial charge is 0.369 e. The summed E-state index contributed by atoms with van der Waals surface area (Å²) < 4.78 is 0. The van der Waals surface area contributed by atoms with Gasteiger partial charge in [-0.15, -0.1) is 11.6 Å². The summed E-state index contributed by atoms with van der Waals surface area (Å²) in [4.78, 5) is 2.51. The lowest BCUT2D eigenvalue weighted by Gasteiger charge is -2.37. The molecule has 1 saturated heterocycles. The lowest BCUT2D eigenvalue weighted by atomic mass is 10.1. The SMILES string of the molecule is Cc1cc(CCl)ccc1N1CC(C)SC(C)C1. The van der Waals surface area contributed by atoms with E-state index >= 15 is 0 Å². The molecule has 1 aromatic rings. The molecular weight excluding hydrogens is 250 g/mol. The van der Waals surface area contributed by atoms with Crippen LogP contribution in [0.4, 0.5) is 5.69 Å². The lowest BCUT2D eigenvalue weighted by Crippen LogP contribution is -2.40. The van der Waals surface area contributed by atoms with Gasteiger partial charge in [0, 0.05) is 35.2 Å². The fraction of sp³-hybridized carbons (Fsp3) is 0.571. The maximum atomic E-state index is 5.87. The first-order valence-electron chi connectivity index (χ1n) is 6.16. The van der Waals surface area contributed by atoms with Gasteiger partial charge in [-0.2, -0.15) is 11.8 Å². The molecule has 0 amide bonds. The van der Waals surface area contributed by atoms with E-state index in [0.29, 0.717) is 16.4 Å². The van der Waals surface area contributed by atoms with E-state index in [-0.39, 0.29) is 0 Å². The van der Waals surface area contributed by atoms with E-state index in [1.807, 2.05) is 0 Å². The number of hydrogen-bond acceptors (Lipinski definition) is 2. The summed E-state index contributed by atoms with van der Waals surface area (Å²) in [5.41, 5.74) is 3.92. The van der Waals surface area contributed by atoms with Gasteiger partial charge < -0.3 is 4.90 Å². The average Bonchev–Trinajstić information content (AvgIpc) is 2.27. The van der Waals surface area contributed by atoms with Crippen LogP contribution >= 0.6 is 23.4 Å². The number of thioether (sulfide) groups is 1. The summed E-state index contributed by atoms with van der Waals surface area (Å²) in [7, 11) is 0. The first kappa shape index (κ1) is 13.1. The molecule has 0 spiro atoms. The van der Waals surface area contributed by atoms with Gasteiger partial charge in [-0.1, -0.05) is 26.0 Å². The minimum atomic E-state index is 0.601. The molecule has 0 aromatic heterocycles. The summed E-state index contributed by atoms with van der Waals surface area (Å²) in [6.45, 7) is 9.11. The fourth-order valence-corrected chi connectivity index (χ4v) is 4.02. The van der Waals surface area contributed by atoms with Crippen LogP contribution in [0.1, 0.15) is 25.0 Å². The Bertz CT molecular complexity index is 384. The maximum absolute atomic E-state index is 5.87. The Balaban J connectivity index is 2.21. The average molecular weight is 270 g/mol. The van der Waals surface area contributed by atoms with Crippen LogP contribution in [0.25, 0.3) is 0 Å². The zero-order valence-corrected chi connectivity index (χ0v) is 12.3. The minimum absolute atomic E-state index is 0.601. The quantitative estimate of drug-likeness (QED) is 0.745. The third-order valence-electron chi connectivity index (χ3n) is 3.18. The van der Waals surface area contributed by atoms with Crippen molar-refractivity contribution in [1.29, 1.82) is 0 Å². The third kappa shape index (κ3) is 3.11. The minimum Gasteiger partial charge on any atom is -0.369 e. The number of alkyl halides is 1. The molecule has 0 radical (unpaired) electrons. The van der Waals surface area contributed by atoms with Gasteiger partial charge in [-0.3, -0.25) is 0 Å². The van der Waals surface area contributed by atoms with E-state index in [9.17, 15) is 0 Å². The van der Waals surface area contributed by atoms with Crippen LogP contribution in [0.5, 0.6) is 0 Å². The van der Waals surface area contributed by atoms with Crippen molar-refractivity contribution in [3.8, 4) is 0 Å². The molecule has 0 bridgehead atoms. The van der Waals surface area contributed by atoms with Crippen molar-refractivity contribution in [2.24, 2.45) is 0 Å². The smallest absolute Gasteiger partial charge is 0.0474 e. The molecular formula is C14H20ClNS. The Hall–Kier alpha value is -0.340. The van der Waals surface area contributed by atoms with Gasteiger partial charge in [-0.05, 0) is 24.1 Å². The molecule has 0 N–H and O–H groups in total. The van der Waals surface area contributed by atoms with Crippen LogP contribution in [0.3, 0.4) is 0 Å². The highest BCUT2D eigenvalue weighted by Gasteiger charge is 2.23. The number of halogens is 1. The number of benzene rings is 1. The van der Waals surface area contributed by atoms with Crippen molar-refractivity contribution in [2.45, 2.75) is 37.2 Å². The van der Waals surface area contributed by atoms with Crippen molar-refractivity contribution in [3.63, 3.8) is 0 Å². The van der Waals surface area contributed by atoms with Gasteiger partial charge in [0.05, 0.1) is 0 Å². The molecule has 2 rings (SSSR count). The molecule has 17 heavy (non-hydrogen) atoms. The van der Waals surface area contributed by atoms with Gasteiger partial charge in [0.1, 0.15) is 0 Å². The summed E-state index contributed by atoms with van der Waals surface area (Å²) >= 11 is 7.96. The van der Waals surface area contributed by atoms with E-state index in [4.69, 9.17) is 11.6 Å². The van der Waals surface area contributed by atoms with Gasteiger partial charge >= 0.3 is 0 Å². The second-order valence-corrected chi connectivity index (χ2v) is 7.07. The monoisotopic (exact) mass is 269 g/mol. The molecule has 0 aliphatic carbocycles. The Morgan fingerprint density at radius 1 is 1.29 bits per heavy atom. The van der Waals surface area contributed by atoms with E-state index in [1.54, 1.807) is 0 Å². The molecule has 2 atom stereocenters. The molecule has 1 nitrogen and oxygen atoms in total. The predicted molar refractivity (Wildman–Crippen MR) is 79.5 cm³/mol. The summed E-state index contributed by atoms with van der Waals surface area (Å²) in [5, 5.41) is 1.43. The Kier molecular flexibility index (Phi) is 4.26. The Morgan fingerprint density at radius 3 is 2.47 bits per heavy atom. The maximum Gasteiger partial charge on any atom is 0.0474 e. The number of hydrogen-bond donors (Lipinski definition) is 0. The topological polar surface area (TPSA) is 3.24 Å². The van der Waals surface area contributed by atoms with Gasteiger partial charge in [-0.25, -0.2) is 0 Å². The third-order valence-corrected chi connectivity index (χ3v) is 4.71. The highest BCUT2D eigenvalue weighted by molar-refractivity contribution is 8.00. The van der Waals surface area contributed by atoms with Crippen LogP contribution < -0.4 is 4.90 Å². The van der Waals surface area contributed by atoms with Crippen LogP contribution in [0, 0.1) is 6.92 Å². The van der Waals surface area contributed by atoms with Crippen LogP contribution in [-0.2, 0) is 5.88 Å². The second-order valence-electron chi connectivity index (χ2n) is 4.92. The van der Waals surface area contributed by atoms with Crippen molar-refractivity contribution >= 4 is 29.1 Å². The first-order chi connectivity index (χ1) is 8.10. The van der Waals surface area contributed by atoms with E-state index in [2.05, 4.69) is 55.6 Å². The second kappa shape index (κ2) is 5.53. The molecule has 1 fully saturated rings. The normalized spacial score (nSPS) is 25.1. The summed E-state index contributed by atoms with van der Waals surface area (Å²) in [6.07, 6.45) is 0. The molecule has 0 saturated carbocycles. The molecule has 1 aliphatic heterocycles. The molecule has 1 aliphatic rings. The van der Waals surface area contributed by atoms with Gasteiger partial charge in [0.25, 0.3) is 0 Å². The molecule has 94 valence electrons. The molecule has 1 aromatic carbocycles. The van der Waals surface area contributed by atoms with Gasteiger partial charge in [0.15, 0.2) is 0 Å². The van der Waals surface area contributed by atoms with Crippen LogP contribution in [0.2, 0.25) is 0 Å². The lowest BCUT2D eigenvalue weighted by molar-refractivity contribution is 0.726. The zero-order chi connectivity index (χ0) is 12.4. The molecule has 3 heteroatoms. The first-order valence-corrected chi connectivity index (χ1v) is 7.63. The highest BCUT2D eigenvalue weighted by atomic mass is 35.5. The molecule has 1 heterocycles. The summed E-state index contributed by atoms with van der Waals surface area (Å²) in [5.74, 6) is 0.601. The van der Waals surface area contributed by atoms with Crippen molar-refractivity contribution < 1.29 is 0 Å². The van der Waals surface area contributed by atoms with Crippen molar-refractivity contribution in [2.75, 3.05) is 18.0 Å². The number of rotatable bonds is 2. The number of nitrogens with zero attached hydrogens (tertiary/aromatic N) is 1. The number of aryl methyl sites for hydroxylation is 1.